The summed E-state index contributed by atoms with van der Waals surface area (Å²) in [5.74, 6) is -0.0494. The van der Waals surface area contributed by atoms with E-state index in [0.29, 0.717) is 5.16 Å². The van der Waals surface area contributed by atoms with Crippen molar-refractivity contribution in [1.82, 2.24) is 14.8 Å². The number of carboxylic acid groups (broad SMARTS) is 1. The van der Waals surface area contributed by atoms with Crippen LogP contribution in [-0.4, -0.2) is 31.6 Å². The third kappa shape index (κ3) is 3.19. The number of aromatic nitrogens is 3. The van der Waals surface area contributed by atoms with Crippen LogP contribution in [0.1, 0.15) is 18.9 Å². The summed E-state index contributed by atoms with van der Waals surface area (Å²) >= 11 is 1.21. The molecule has 1 aromatic carbocycles. The number of carbonyl (C=O) groups is 1. The van der Waals surface area contributed by atoms with Gasteiger partial charge in [0.05, 0.1) is 5.75 Å². The number of nitrogens with zero attached hydrogens (tertiary/aromatic N) is 3. The maximum atomic E-state index is 10.7. The second-order valence-corrected chi connectivity index (χ2v) is 5.40. The van der Waals surface area contributed by atoms with Gasteiger partial charge in [0.1, 0.15) is 0 Å². The van der Waals surface area contributed by atoms with Crippen molar-refractivity contribution in [3.8, 4) is 11.4 Å². The molecule has 0 aliphatic carbocycles. The third-order valence-electron chi connectivity index (χ3n) is 2.87. The highest BCUT2D eigenvalue weighted by Gasteiger charge is 2.15. The van der Waals surface area contributed by atoms with Crippen LogP contribution in [0.3, 0.4) is 0 Å². The van der Waals surface area contributed by atoms with Crippen LogP contribution in [0.4, 0.5) is 0 Å². The Kier molecular flexibility index (Phi) is 4.79. The highest BCUT2D eigenvalue weighted by Crippen LogP contribution is 2.26. The second-order valence-electron chi connectivity index (χ2n) is 4.46. The van der Waals surface area contributed by atoms with E-state index >= 15 is 0 Å². The van der Waals surface area contributed by atoms with E-state index in [1.165, 1.54) is 11.8 Å². The molecule has 0 fully saturated rings. The molecule has 6 heteroatoms. The van der Waals surface area contributed by atoms with Crippen LogP contribution in [0.25, 0.3) is 11.4 Å². The monoisotopic (exact) mass is 291 g/mol. The fourth-order valence-corrected chi connectivity index (χ4v) is 2.65. The fraction of sp³-hybridized carbons (Fsp3) is 0.357. The van der Waals surface area contributed by atoms with Gasteiger partial charge in [0, 0.05) is 12.1 Å². The summed E-state index contributed by atoms with van der Waals surface area (Å²) in [6.07, 6.45) is 0.942. The predicted octanol–water partition coefficient (Wildman–Crippen LogP) is 2.84. The first kappa shape index (κ1) is 14.6. The van der Waals surface area contributed by atoms with Gasteiger partial charge < -0.3 is 9.67 Å². The van der Waals surface area contributed by atoms with Gasteiger partial charge in [-0.15, -0.1) is 10.2 Å². The normalized spacial score (nSPS) is 10.7. The van der Waals surface area contributed by atoms with Crippen molar-refractivity contribution in [2.24, 2.45) is 0 Å². The lowest BCUT2D eigenvalue weighted by Crippen LogP contribution is -2.05. The van der Waals surface area contributed by atoms with Gasteiger partial charge >= 0.3 is 5.97 Å². The Hall–Kier alpha value is -1.82. The molecule has 0 bridgehead atoms. The first-order chi connectivity index (χ1) is 9.63. The molecule has 2 rings (SSSR count). The molecule has 2 aromatic rings. The highest BCUT2D eigenvalue weighted by molar-refractivity contribution is 7.99. The lowest BCUT2D eigenvalue weighted by atomic mass is 10.1. The molecule has 0 radical (unpaired) electrons. The van der Waals surface area contributed by atoms with Crippen LogP contribution in [0, 0.1) is 6.92 Å². The number of aryl methyl sites for hydroxylation is 1. The standard InChI is InChI=1S/C14H17N3O2S/c1-3-8-17-13(11-7-5-4-6-10(11)2)15-16-14(17)20-9-12(18)19/h4-7H,3,8-9H2,1-2H3,(H,18,19). The van der Waals surface area contributed by atoms with Gasteiger partial charge in [-0.05, 0) is 18.9 Å². The third-order valence-corrected chi connectivity index (χ3v) is 3.83. The summed E-state index contributed by atoms with van der Waals surface area (Å²) in [5, 5.41) is 17.8. The van der Waals surface area contributed by atoms with Gasteiger partial charge in [-0.3, -0.25) is 4.79 Å². The van der Waals surface area contributed by atoms with Crippen molar-refractivity contribution in [1.29, 1.82) is 0 Å². The molecule has 1 heterocycles. The predicted molar refractivity (Wildman–Crippen MR) is 78.8 cm³/mol. The van der Waals surface area contributed by atoms with E-state index in [4.69, 9.17) is 5.11 Å². The summed E-state index contributed by atoms with van der Waals surface area (Å²) in [7, 11) is 0. The van der Waals surface area contributed by atoms with Crippen LogP contribution in [-0.2, 0) is 11.3 Å². The summed E-state index contributed by atoms with van der Waals surface area (Å²) in [6.45, 7) is 4.89. The molecule has 0 spiro atoms. The molecule has 0 saturated heterocycles. The first-order valence-corrected chi connectivity index (χ1v) is 7.45. The minimum Gasteiger partial charge on any atom is -0.481 e. The van der Waals surface area contributed by atoms with E-state index in [1.54, 1.807) is 0 Å². The Bertz CT molecular complexity index is 610. The average molecular weight is 291 g/mol. The van der Waals surface area contributed by atoms with Gasteiger partial charge in [0.15, 0.2) is 11.0 Å². The van der Waals surface area contributed by atoms with Crippen LogP contribution >= 0.6 is 11.8 Å². The highest BCUT2D eigenvalue weighted by atomic mass is 32.2. The zero-order chi connectivity index (χ0) is 14.5. The number of rotatable bonds is 6. The van der Waals surface area contributed by atoms with Crippen molar-refractivity contribution in [2.75, 3.05) is 5.75 Å². The second kappa shape index (κ2) is 6.56. The van der Waals surface area contributed by atoms with Crippen molar-refractivity contribution >= 4 is 17.7 Å². The molecule has 0 amide bonds. The SMILES string of the molecule is CCCn1c(SCC(=O)O)nnc1-c1ccccc1C. The van der Waals surface area contributed by atoms with E-state index in [-0.39, 0.29) is 5.75 Å². The molecule has 1 aromatic heterocycles. The van der Waals surface area contributed by atoms with Gasteiger partial charge in [-0.2, -0.15) is 0 Å². The molecule has 0 aliphatic heterocycles. The summed E-state index contributed by atoms with van der Waals surface area (Å²) in [6, 6.07) is 8.00. The number of hydrogen-bond acceptors (Lipinski definition) is 4. The Morgan fingerprint density at radius 3 is 2.75 bits per heavy atom. The minimum absolute atomic E-state index is 0.00435. The molecule has 0 aliphatic rings. The van der Waals surface area contributed by atoms with Crippen molar-refractivity contribution in [2.45, 2.75) is 32.0 Å². The Morgan fingerprint density at radius 1 is 1.35 bits per heavy atom. The van der Waals surface area contributed by atoms with Crippen LogP contribution < -0.4 is 0 Å². The Labute approximate surface area is 122 Å². The Morgan fingerprint density at radius 2 is 2.10 bits per heavy atom. The van der Waals surface area contributed by atoms with Crippen LogP contribution in [0.5, 0.6) is 0 Å². The van der Waals surface area contributed by atoms with Crippen molar-refractivity contribution in [3.05, 3.63) is 29.8 Å². The quantitative estimate of drug-likeness (QED) is 0.829. The molecule has 0 unspecified atom stereocenters. The fourth-order valence-electron chi connectivity index (χ4n) is 1.97. The smallest absolute Gasteiger partial charge is 0.313 e. The first-order valence-electron chi connectivity index (χ1n) is 6.47. The molecular weight excluding hydrogens is 274 g/mol. The topological polar surface area (TPSA) is 68.0 Å². The lowest BCUT2D eigenvalue weighted by Gasteiger charge is -2.09. The van der Waals surface area contributed by atoms with E-state index < -0.39 is 5.97 Å². The van der Waals surface area contributed by atoms with Crippen molar-refractivity contribution in [3.63, 3.8) is 0 Å². The summed E-state index contributed by atoms with van der Waals surface area (Å²) < 4.78 is 2.00. The van der Waals surface area contributed by atoms with Gasteiger partial charge in [-0.1, -0.05) is 43.0 Å². The zero-order valence-electron chi connectivity index (χ0n) is 11.5. The summed E-state index contributed by atoms with van der Waals surface area (Å²) in [5.41, 5.74) is 2.17. The maximum Gasteiger partial charge on any atom is 0.313 e. The number of thioether (sulfide) groups is 1. The number of hydrogen-bond donors (Lipinski definition) is 1. The van der Waals surface area contributed by atoms with Gasteiger partial charge in [0.25, 0.3) is 0 Å². The van der Waals surface area contributed by atoms with Gasteiger partial charge in [0.2, 0.25) is 0 Å². The van der Waals surface area contributed by atoms with Crippen LogP contribution in [0.2, 0.25) is 0 Å². The van der Waals surface area contributed by atoms with Crippen LogP contribution in [0.15, 0.2) is 29.4 Å². The number of aliphatic carboxylic acids is 1. The molecular formula is C14H17N3O2S. The van der Waals surface area contributed by atoms with Gasteiger partial charge in [-0.25, -0.2) is 0 Å². The molecule has 106 valence electrons. The van der Waals surface area contributed by atoms with E-state index in [2.05, 4.69) is 17.1 Å². The minimum atomic E-state index is -0.849. The number of benzene rings is 1. The molecule has 0 saturated carbocycles. The zero-order valence-corrected chi connectivity index (χ0v) is 12.4. The van der Waals surface area contributed by atoms with E-state index in [0.717, 1.165) is 29.9 Å². The number of carboxylic acids is 1. The summed E-state index contributed by atoms with van der Waals surface area (Å²) in [4.78, 5) is 10.7. The van der Waals surface area contributed by atoms with E-state index in [9.17, 15) is 4.79 Å². The molecule has 1 N–H and O–H groups in total. The lowest BCUT2D eigenvalue weighted by molar-refractivity contribution is -0.133. The largest absolute Gasteiger partial charge is 0.481 e. The molecule has 5 nitrogen and oxygen atoms in total. The van der Waals surface area contributed by atoms with Crippen molar-refractivity contribution < 1.29 is 9.90 Å². The maximum absolute atomic E-state index is 10.7. The van der Waals surface area contributed by atoms with E-state index in [1.807, 2.05) is 35.8 Å². The molecule has 0 atom stereocenters. The molecule has 20 heavy (non-hydrogen) atoms. The average Bonchev–Trinajstić information content (AvgIpc) is 2.80. The Balaban J connectivity index is 2.38.